The number of nitrogens with zero attached hydrogens (tertiary/aromatic N) is 2. The average Bonchev–Trinajstić information content (AvgIpc) is 3.07. The van der Waals surface area contributed by atoms with E-state index in [9.17, 15) is 9.59 Å². The summed E-state index contributed by atoms with van der Waals surface area (Å²) in [6.45, 7) is 2.72. The molecule has 4 rings (SSSR count). The van der Waals surface area contributed by atoms with E-state index >= 15 is 0 Å². The van der Waals surface area contributed by atoms with Crippen LogP contribution in [0, 0.1) is 11.3 Å². The van der Waals surface area contributed by atoms with Crippen LogP contribution in [0.1, 0.15) is 39.6 Å². The zero-order valence-electron chi connectivity index (χ0n) is 16.6. The molecule has 1 aliphatic rings. The third-order valence-electron chi connectivity index (χ3n) is 5.12. The monoisotopic (exact) mass is 396 g/mol. The number of amides is 1. The molecule has 3 aromatic carbocycles. The number of rotatable bonds is 6. The third kappa shape index (κ3) is 3.44. The van der Waals surface area contributed by atoms with Gasteiger partial charge in [0.1, 0.15) is 5.75 Å². The van der Waals surface area contributed by atoms with Crippen molar-refractivity contribution in [2.75, 3.05) is 18.1 Å². The van der Waals surface area contributed by atoms with E-state index in [0.717, 1.165) is 16.9 Å². The number of hydrogen-bond donors (Lipinski definition) is 0. The fourth-order valence-electron chi connectivity index (χ4n) is 3.72. The van der Waals surface area contributed by atoms with E-state index in [4.69, 9.17) is 10.00 Å². The predicted octanol–water partition coefficient (Wildman–Crippen LogP) is 4.86. The molecule has 0 radical (unpaired) electrons. The molecule has 0 unspecified atom stereocenters. The van der Waals surface area contributed by atoms with Crippen LogP contribution in [0.2, 0.25) is 0 Å². The minimum absolute atomic E-state index is 0.0695. The highest BCUT2D eigenvalue weighted by Crippen LogP contribution is 2.37. The van der Waals surface area contributed by atoms with E-state index in [-0.39, 0.29) is 24.7 Å². The summed E-state index contributed by atoms with van der Waals surface area (Å²) in [5.41, 5.74) is 4.02. The zero-order chi connectivity index (χ0) is 21.1. The number of ether oxygens (including phenoxy) is 1. The maximum atomic E-state index is 13.3. The Morgan fingerprint density at radius 1 is 0.967 bits per heavy atom. The smallest absolute Gasteiger partial charge is 0.258 e. The maximum absolute atomic E-state index is 13.3. The first-order valence-corrected chi connectivity index (χ1v) is 9.84. The van der Waals surface area contributed by atoms with Crippen LogP contribution in [-0.2, 0) is 0 Å². The van der Waals surface area contributed by atoms with E-state index in [2.05, 4.69) is 6.07 Å². The SMILES string of the molecule is CCOc1ccc(N(CCC#N)C(=O)c2ccc3c(c2)C(=O)c2ccccc2-3)cc1. The lowest BCUT2D eigenvalue weighted by atomic mass is 10.0. The molecule has 148 valence electrons. The van der Waals surface area contributed by atoms with Gasteiger partial charge in [-0.3, -0.25) is 9.59 Å². The molecule has 0 aliphatic heterocycles. The molecule has 1 amide bonds. The molecular formula is C25H20N2O3. The molecule has 30 heavy (non-hydrogen) atoms. The number of carbonyl (C=O) groups excluding carboxylic acids is 2. The van der Waals surface area contributed by atoms with Gasteiger partial charge in [0, 0.05) is 28.9 Å². The Kier molecular flexibility index (Phi) is 5.32. The molecule has 0 saturated heterocycles. The Labute approximate surface area is 175 Å². The van der Waals surface area contributed by atoms with Crippen molar-refractivity contribution in [3.05, 3.63) is 83.4 Å². The molecule has 5 heteroatoms. The van der Waals surface area contributed by atoms with Crippen LogP contribution in [0.3, 0.4) is 0 Å². The summed E-state index contributed by atoms with van der Waals surface area (Å²) < 4.78 is 5.47. The number of hydrogen-bond acceptors (Lipinski definition) is 4. The summed E-state index contributed by atoms with van der Waals surface area (Å²) in [6.07, 6.45) is 0.203. The fraction of sp³-hybridized carbons (Fsp3) is 0.160. The van der Waals surface area contributed by atoms with Crippen molar-refractivity contribution in [2.24, 2.45) is 0 Å². The molecule has 0 saturated carbocycles. The highest BCUT2D eigenvalue weighted by molar-refractivity contribution is 6.22. The summed E-state index contributed by atoms with van der Waals surface area (Å²) in [4.78, 5) is 27.7. The number of benzene rings is 3. The molecule has 0 atom stereocenters. The summed E-state index contributed by atoms with van der Waals surface area (Å²) in [6, 6.07) is 22.0. The lowest BCUT2D eigenvalue weighted by molar-refractivity contribution is 0.0987. The van der Waals surface area contributed by atoms with E-state index in [0.29, 0.717) is 29.0 Å². The van der Waals surface area contributed by atoms with Gasteiger partial charge < -0.3 is 9.64 Å². The summed E-state index contributed by atoms with van der Waals surface area (Å²) in [5.74, 6) is 0.399. The molecule has 0 N–H and O–H groups in total. The Balaban J connectivity index is 1.67. The first kappa shape index (κ1) is 19.4. The number of ketones is 1. The Bertz CT molecular complexity index is 1160. The van der Waals surface area contributed by atoms with Crippen molar-refractivity contribution in [3.63, 3.8) is 0 Å². The lowest BCUT2D eigenvalue weighted by Gasteiger charge is -2.22. The van der Waals surface area contributed by atoms with Gasteiger partial charge in [-0.2, -0.15) is 5.26 Å². The second-order valence-corrected chi connectivity index (χ2v) is 6.93. The van der Waals surface area contributed by atoms with Crippen LogP contribution in [0.25, 0.3) is 11.1 Å². The minimum atomic E-state index is -0.249. The van der Waals surface area contributed by atoms with Crippen LogP contribution >= 0.6 is 0 Å². The first-order valence-electron chi connectivity index (χ1n) is 9.84. The quantitative estimate of drug-likeness (QED) is 0.467. The molecule has 1 aliphatic carbocycles. The summed E-state index contributed by atoms with van der Waals surface area (Å²) in [5, 5.41) is 9.04. The van der Waals surface area contributed by atoms with E-state index in [1.54, 1.807) is 47.4 Å². The van der Waals surface area contributed by atoms with Crippen LogP contribution < -0.4 is 9.64 Å². The van der Waals surface area contributed by atoms with Crippen molar-refractivity contribution in [3.8, 4) is 22.9 Å². The second-order valence-electron chi connectivity index (χ2n) is 6.93. The first-order chi connectivity index (χ1) is 14.6. The molecule has 0 aromatic heterocycles. The van der Waals surface area contributed by atoms with Gasteiger partial charge in [-0.15, -0.1) is 0 Å². The standard InChI is InChI=1S/C25H20N2O3/c1-2-30-19-11-9-18(10-12-19)27(15-5-14-26)25(29)17-8-13-21-20-6-3-4-7-22(20)24(28)23(21)16-17/h3-4,6-13,16H,2,5,15H2,1H3. The predicted molar refractivity (Wildman–Crippen MR) is 115 cm³/mol. The Morgan fingerprint density at radius 2 is 1.67 bits per heavy atom. The Hall–Kier alpha value is -3.91. The van der Waals surface area contributed by atoms with Crippen LogP contribution in [0.15, 0.2) is 66.7 Å². The number of fused-ring (bicyclic) bond motifs is 3. The highest BCUT2D eigenvalue weighted by atomic mass is 16.5. The van der Waals surface area contributed by atoms with Gasteiger partial charge in [0.2, 0.25) is 0 Å². The lowest BCUT2D eigenvalue weighted by Crippen LogP contribution is -2.32. The highest BCUT2D eigenvalue weighted by Gasteiger charge is 2.28. The van der Waals surface area contributed by atoms with Gasteiger partial charge in [0.25, 0.3) is 5.91 Å². The molecule has 0 fully saturated rings. The molecule has 0 bridgehead atoms. The third-order valence-corrected chi connectivity index (χ3v) is 5.12. The van der Waals surface area contributed by atoms with Crippen molar-refractivity contribution in [1.82, 2.24) is 0 Å². The summed E-state index contributed by atoms with van der Waals surface area (Å²) in [7, 11) is 0. The van der Waals surface area contributed by atoms with Crippen LogP contribution in [-0.4, -0.2) is 24.8 Å². The van der Waals surface area contributed by atoms with Gasteiger partial charge in [-0.1, -0.05) is 30.3 Å². The van der Waals surface area contributed by atoms with Gasteiger partial charge in [-0.25, -0.2) is 0 Å². The minimum Gasteiger partial charge on any atom is -0.494 e. The van der Waals surface area contributed by atoms with Gasteiger partial charge in [0.05, 0.1) is 19.1 Å². The van der Waals surface area contributed by atoms with Crippen LogP contribution in [0.4, 0.5) is 5.69 Å². The van der Waals surface area contributed by atoms with Crippen molar-refractivity contribution >= 4 is 17.4 Å². The summed E-state index contributed by atoms with van der Waals surface area (Å²) >= 11 is 0. The number of carbonyl (C=O) groups is 2. The molecule has 5 nitrogen and oxygen atoms in total. The van der Waals surface area contributed by atoms with Gasteiger partial charge >= 0.3 is 0 Å². The molecule has 3 aromatic rings. The molecule has 0 heterocycles. The Morgan fingerprint density at radius 3 is 2.37 bits per heavy atom. The van der Waals surface area contributed by atoms with Crippen LogP contribution in [0.5, 0.6) is 5.75 Å². The van der Waals surface area contributed by atoms with Crippen molar-refractivity contribution in [2.45, 2.75) is 13.3 Å². The van der Waals surface area contributed by atoms with Gasteiger partial charge in [0.15, 0.2) is 5.78 Å². The average molecular weight is 396 g/mol. The number of nitriles is 1. The van der Waals surface area contributed by atoms with Crippen molar-refractivity contribution < 1.29 is 14.3 Å². The fourth-order valence-corrected chi connectivity index (χ4v) is 3.72. The van der Waals surface area contributed by atoms with Crippen molar-refractivity contribution in [1.29, 1.82) is 5.26 Å². The largest absolute Gasteiger partial charge is 0.494 e. The molecular weight excluding hydrogens is 376 g/mol. The van der Waals surface area contributed by atoms with E-state index in [1.165, 1.54) is 0 Å². The number of anilines is 1. The van der Waals surface area contributed by atoms with Gasteiger partial charge in [-0.05, 0) is 54.4 Å². The molecule has 0 spiro atoms. The zero-order valence-corrected chi connectivity index (χ0v) is 16.6. The van der Waals surface area contributed by atoms with E-state index < -0.39 is 0 Å². The van der Waals surface area contributed by atoms with E-state index in [1.807, 2.05) is 31.2 Å². The normalized spacial score (nSPS) is 11.4. The maximum Gasteiger partial charge on any atom is 0.258 e. The topological polar surface area (TPSA) is 70.4 Å². The second kappa shape index (κ2) is 8.22.